The van der Waals surface area contributed by atoms with E-state index in [0.29, 0.717) is 5.95 Å². The first-order valence-electron chi connectivity index (χ1n) is 8.57. The quantitative estimate of drug-likeness (QED) is 0.707. The predicted molar refractivity (Wildman–Crippen MR) is 101 cm³/mol. The van der Waals surface area contributed by atoms with Crippen LogP contribution in [0.3, 0.4) is 0 Å². The summed E-state index contributed by atoms with van der Waals surface area (Å²) in [5, 5.41) is 3.00. The largest absolute Gasteiger partial charge is 0.370 e. The van der Waals surface area contributed by atoms with E-state index in [-0.39, 0.29) is 17.9 Å². The number of rotatable bonds is 1. The molecule has 2 aliphatic heterocycles. The third-order valence-electron chi connectivity index (χ3n) is 4.98. The van der Waals surface area contributed by atoms with E-state index >= 15 is 0 Å². The van der Waals surface area contributed by atoms with Crippen molar-refractivity contribution in [3.63, 3.8) is 0 Å². The van der Waals surface area contributed by atoms with Crippen LogP contribution in [0.15, 0.2) is 53.5 Å². The highest BCUT2D eigenvalue weighted by Gasteiger charge is 2.56. The third kappa shape index (κ3) is 1.64. The number of nitrogens with two attached hydrogens (primary N) is 1. The van der Waals surface area contributed by atoms with Gasteiger partial charge in [0.25, 0.3) is 5.91 Å². The van der Waals surface area contributed by atoms with Gasteiger partial charge in [-0.1, -0.05) is 30.3 Å². The van der Waals surface area contributed by atoms with Crippen molar-refractivity contribution in [1.82, 2.24) is 9.55 Å². The topological polar surface area (TPSA) is 88.5 Å². The molecule has 0 fully saturated rings. The van der Waals surface area contributed by atoms with Crippen molar-refractivity contribution in [3.05, 3.63) is 54.1 Å². The Labute approximate surface area is 150 Å². The second-order valence-corrected chi connectivity index (χ2v) is 6.84. The average Bonchev–Trinajstić information content (AvgIpc) is 3.09. The summed E-state index contributed by atoms with van der Waals surface area (Å²) in [7, 11) is 0. The van der Waals surface area contributed by atoms with Crippen LogP contribution >= 0.6 is 0 Å². The Hall–Kier alpha value is -3.35. The zero-order valence-electron chi connectivity index (χ0n) is 14.5. The van der Waals surface area contributed by atoms with E-state index in [4.69, 9.17) is 5.73 Å². The van der Waals surface area contributed by atoms with Gasteiger partial charge in [-0.3, -0.25) is 14.7 Å². The summed E-state index contributed by atoms with van der Waals surface area (Å²) in [5.74, 6) is 0.580. The lowest BCUT2D eigenvalue weighted by molar-refractivity contribution is -0.124. The highest BCUT2D eigenvalue weighted by Crippen LogP contribution is 2.48. The van der Waals surface area contributed by atoms with Crippen LogP contribution in [0, 0.1) is 0 Å². The van der Waals surface area contributed by atoms with Crippen LogP contribution in [0.5, 0.6) is 0 Å². The number of para-hydroxylation sites is 3. The van der Waals surface area contributed by atoms with Gasteiger partial charge >= 0.3 is 0 Å². The maximum Gasteiger partial charge on any atom is 0.281 e. The lowest BCUT2D eigenvalue weighted by atomic mass is 10.00. The summed E-state index contributed by atoms with van der Waals surface area (Å²) in [6, 6.07) is 15.4. The highest BCUT2D eigenvalue weighted by molar-refractivity contribution is 6.12. The molecule has 130 valence electrons. The van der Waals surface area contributed by atoms with Gasteiger partial charge in [0, 0.05) is 11.6 Å². The summed E-state index contributed by atoms with van der Waals surface area (Å²) >= 11 is 0. The smallest absolute Gasteiger partial charge is 0.281 e. The molecule has 0 bridgehead atoms. The Bertz CT molecular complexity index is 1100. The normalized spacial score (nSPS) is 21.1. The Morgan fingerprint density at radius 2 is 1.85 bits per heavy atom. The Balaban J connectivity index is 1.92. The first-order valence-corrected chi connectivity index (χ1v) is 8.57. The molecule has 3 heterocycles. The number of guanidine groups is 1. The van der Waals surface area contributed by atoms with Gasteiger partial charge in [-0.25, -0.2) is 9.98 Å². The molecular weight excluding hydrogens is 328 g/mol. The molecule has 7 heteroatoms. The lowest BCUT2D eigenvalue weighted by Crippen LogP contribution is -2.51. The number of fused-ring (bicyclic) bond motifs is 6. The molecule has 26 heavy (non-hydrogen) atoms. The van der Waals surface area contributed by atoms with Crippen LogP contribution in [0.25, 0.3) is 11.0 Å². The number of amides is 1. The molecule has 1 atom stereocenters. The van der Waals surface area contributed by atoms with Crippen molar-refractivity contribution in [3.8, 4) is 0 Å². The first-order chi connectivity index (χ1) is 12.5. The highest BCUT2D eigenvalue weighted by atomic mass is 16.2. The number of nitrogens with one attached hydrogen (secondary N) is 1. The number of carbonyl (C=O) groups excluding carboxylic acids is 1. The van der Waals surface area contributed by atoms with E-state index in [1.54, 1.807) is 4.90 Å². The fourth-order valence-corrected chi connectivity index (χ4v) is 4.01. The van der Waals surface area contributed by atoms with Crippen LogP contribution < -0.4 is 16.0 Å². The van der Waals surface area contributed by atoms with Gasteiger partial charge in [-0.15, -0.1) is 0 Å². The monoisotopic (exact) mass is 346 g/mol. The Morgan fingerprint density at radius 3 is 2.65 bits per heavy atom. The van der Waals surface area contributed by atoms with E-state index in [2.05, 4.69) is 15.3 Å². The third-order valence-corrected chi connectivity index (χ3v) is 4.98. The van der Waals surface area contributed by atoms with Gasteiger partial charge in [-0.2, -0.15) is 0 Å². The number of aromatic nitrogens is 2. The number of imidazole rings is 1. The maximum absolute atomic E-state index is 13.7. The van der Waals surface area contributed by atoms with E-state index in [0.717, 1.165) is 22.3 Å². The summed E-state index contributed by atoms with van der Waals surface area (Å²) in [4.78, 5) is 24.8. The molecule has 3 N–H and O–H groups in total. The Kier molecular flexibility index (Phi) is 2.79. The molecule has 1 amide bonds. The predicted octanol–water partition coefficient (Wildman–Crippen LogP) is 2.23. The molecule has 1 unspecified atom stereocenters. The molecule has 3 aromatic rings. The summed E-state index contributed by atoms with van der Waals surface area (Å²) < 4.78 is 1.86. The summed E-state index contributed by atoms with van der Waals surface area (Å²) in [6.45, 7) is 3.99. The van der Waals surface area contributed by atoms with Gasteiger partial charge < -0.3 is 10.6 Å². The lowest BCUT2D eigenvalue weighted by Gasteiger charge is -2.32. The maximum atomic E-state index is 13.7. The number of anilines is 2. The number of aliphatic imine (C=N–C) groups is 1. The van der Waals surface area contributed by atoms with Crippen molar-refractivity contribution in [2.45, 2.75) is 25.6 Å². The van der Waals surface area contributed by atoms with Crippen molar-refractivity contribution in [2.75, 3.05) is 10.2 Å². The van der Waals surface area contributed by atoms with Crippen molar-refractivity contribution in [1.29, 1.82) is 0 Å². The first kappa shape index (κ1) is 14.9. The summed E-state index contributed by atoms with van der Waals surface area (Å²) in [6.07, 6.45) is 0. The molecule has 5 rings (SSSR count). The second-order valence-electron chi connectivity index (χ2n) is 6.84. The number of hydrogen-bond acceptors (Lipinski definition) is 5. The number of benzene rings is 2. The average molecular weight is 346 g/mol. The molecule has 1 spiro atoms. The molecule has 2 aliphatic rings. The van der Waals surface area contributed by atoms with E-state index in [1.165, 1.54) is 0 Å². The van der Waals surface area contributed by atoms with Crippen LogP contribution in [-0.4, -0.2) is 27.5 Å². The minimum Gasteiger partial charge on any atom is -0.370 e. The molecule has 0 saturated carbocycles. The van der Waals surface area contributed by atoms with Crippen LogP contribution in [-0.2, 0) is 10.5 Å². The van der Waals surface area contributed by atoms with Crippen LogP contribution in [0.2, 0.25) is 0 Å². The van der Waals surface area contributed by atoms with Crippen molar-refractivity contribution >= 4 is 34.5 Å². The van der Waals surface area contributed by atoms with E-state index in [9.17, 15) is 4.79 Å². The number of carbonyl (C=O) groups is 1. The van der Waals surface area contributed by atoms with Crippen molar-refractivity contribution < 1.29 is 4.79 Å². The van der Waals surface area contributed by atoms with Gasteiger partial charge in [0.2, 0.25) is 11.6 Å². The molecule has 0 saturated heterocycles. The molecule has 0 radical (unpaired) electrons. The van der Waals surface area contributed by atoms with Gasteiger partial charge in [0.1, 0.15) is 0 Å². The second kappa shape index (κ2) is 4.85. The van der Waals surface area contributed by atoms with Crippen LogP contribution in [0.1, 0.15) is 19.4 Å². The SMILES string of the molecule is CC(C)N1C(=O)C2(N=C(N)Nc3nc4ccccc4n32)c2ccccc21. The fraction of sp³-hybridized carbons (Fsp3) is 0.211. The molecule has 0 aliphatic carbocycles. The molecule has 7 nitrogen and oxygen atoms in total. The van der Waals surface area contributed by atoms with Gasteiger partial charge in [-0.05, 0) is 32.0 Å². The Morgan fingerprint density at radius 1 is 1.12 bits per heavy atom. The molecule has 1 aromatic heterocycles. The number of hydrogen-bond donors (Lipinski definition) is 2. The van der Waals surface area contributed by atoms with Gasteiger partial charge in [0.05, 0.1) is 16.7 Å². The zero-order chi connectivity index (χ0) is 18.1. The summed E-state index contributed by atoms with van der Waals surface area (Å²) in [5.41, 5.74) is 8.09. The zero-order valence-corrected chi connectivity index (χ0v) is 14.5. The minimum absolute atomic E-state index is 0.00688. The molecular formula is C19H18N6O. The van der Waals surface area contributed by atoms with E-state index in [1.807, 2.05) is 66.9 Å². The van der Waals surface area contributed by atoms with Crippen LogP contribution in [0.4, 0.5) is 11.6 Å². The fourth-order valence-electron chi connectivity index (χ4n) is 4.01. The molecule has 2 aromatic carbocycles. The van der Waals surface area contributed by atoms with E-state index < -0.39 is 5.66 Å². The minimum atomic E-state index is -1.28. The van der Waals surface area contributed by atoms with Gasteiger partial charge in [0.15, 0.2) is 5.96 Å². The van der Waals surface area contributed by atoms with Crippen molar-refractivity contribution in [2.24, 2.45) is 10.7 Å². The standard InChI is InChI=1S/C19H18N6O/c1-11(2)24-14-9-5-3-7-12(14)19(16(24)26)23-17(20)22-18-21-13-8-4-6-10-15(13)25(18)19/h3-11H,1-2H3,(H3,20,21,22,23). The number of nitrogens with zero attached hydrogens (tertiary/aromatic N) is 4.